The normalized spacial score (nSPS) is 11.4. The van der Waals surface area contributed by atoms with Crippen LogP contribution in [-0.2, 0) is 17.1 Å². The Morgan fingerprint density at radius 1 is 0.630 bits per heavy atom. The molecule has 0 saturated carbocycles. The van der Waals surface area contributed by atoms with Gasteiger partial charge in [-0.2, -0.15) is 0 Å². The van der Waals surface area contributed by atoms with Crippen molar-refractivity contribution in [1.29, 1.82) is 0 Å². The summed E-state index contributed by atoms with van der Waals surface area (Å²) >= 11 is 0. The topological polar surface area (TPSA) is 188 Å². The summed E-state index contributed by atoms with van der Waals surface area (Å²) in [6.45, 7) is 6.15. The Bertz CT molecular complexity index is 530. The Hall–Kier alpha value is -3.18. The van der Waals surface area contributed by atoms with Crippen molar-refractivity contribution >= 4 is 22.8 Å². The number of imidazole rings is 2. The molecule has 0 aliphatic carbocycles. The molecular weight excluding hydrogens is 400 g/mol. The van der Waals surface area contributed by atoms with Gasteiger partial charge < -0.3 is 30.8 Å². The Kier molecular flexibility index (Phi) is 22.1. The predicted octanol–water partition coefficient (Wildman–Crippen LogP) is 2.19. The molecular formula is C14H24FeN8O4. The van der Waals surface area contributed by atoms with Crippen LogP contribution < -0.4 is 0 Å². The zero-order chi connectivity index (χ0) is 20.2. The maximum absolute atomic E-state index is 8.03. The van der Waals surface area contributed by atoms with Crippen molar-refractivity contribution in [2.24, 2.45) is 20.6 Å². The number of rotatable bonds is 2. The molecule has 152 valence electrons. The van der Waals surface area contributed by atoms with Gasteiger partial charge in [0.2, 0.25) is 0 Å². The second kappa shape index (κ2) is 20.9. The summed E-state index contributed by atoms with van der Waals surface area (Å²) in [4.78, 5) is 12.8. The molecule has 13 heteroatoms. The Morgan fingerprint density at radius 3 is 0.963 bits per heavy atom. The Morgan fingerprint density at radius 2 is 0.889 bits per heavy atom. The van der Waals surface area contributed by atoms with E-state index in [4.69, 9.17) is 20.8 Å². The third-order valence-electron chi connectivity index (χ3n) is 2.46. The number of H-pyrrole nitrogens is 2. The molecule has 0 spiro atoms. The fourth-order valence-corrected chi connectivity index (χ4v) is 0.720. The summed E-state index contributed by atoms with van der Waals surface area (Å²) in [7, 11) is 0. The van der Waals surface area contributed by atoms with Gasteiger partial charge in [-0.1, -0.05) is 20.6 Å². The molecule has 0 aliphatic rings. The number of aromatic amines is 2. The minimum absolute atomic E-state index is 0. The van der Waals surface area contributed by atoms with E-state index in [1.807, 2.05) is 0 Å². The van der Waals surface area contributed by atoms with E-state index in [9.17, 15) is 0 Å². The molecule has 0 unspecified atom stereocenters. The van der Waals surface area contributed by atoms with Crippen LogP contribution in [0.3, 0.4) is 0 Å². The van der Waals surface area contributed by atoms with Crippen LogP contribution in [0.4, 0.5) is 0 Å². The number of aromatic nitrogens is 4. The van der Waals surface area contributed by atoms with Gasteiger partial charge in [0.1, 0.15) is 22.8 Å². The maximum Gasteiger partial charge on any atom is 0.101 e. The fourth-order valence-electron chi connectivity index (χ4n) is 0.720. The van der Waals surface area contributed by atoms with Crippen LogP contribution in [0, 0.1) is 0 Å². The summed E-state index contributed by atoms with van der Waals surface area (Å²) in [6, 6.07) is 0. The molecule has 0 aliphatic heterocycles. The standard InChI is InChI=1S/2C4H8N2O2.2C3H4N2.Fe/c2*1-3(5-7)4(2)6-8;2*1-2-5-3-4-1;/h2*7-8H,1-2H3;2*1-3H,(H,4,5);/b2*5-3+,6-4+;;;. The predicted molar refractivity (Wildman–Crippen MR) is 96.8 cm³/mol. The quantitative estimate of drug-likeness (QED) is 0.185. The van der Waals surface area contributed by atoms with Crippen LogP contribution in [0.15, 0.2) is 58.1 Å². The molecule has 2 heterocycles. The number of nitrogens with zero attached hydrogens (tertiary/aromatic N) is 6. The summed E-state index contributed by atoms with van der Waals surface area (Å²) in [5, 5.41) is 43.3. The van der Waals surface area contributed by atoms with Gasteiger partial charge in [0.05, 0.1) is 12.7 Å². The van der Waals surface area contributed by atoms with Crippen LogP contribution in [0.25, 0.3) is 0 Å². The minimum atomic E-state index is 0. The van der Waals surface area contributed by atoms with Gasteiger partial charge in [-0.3, -0.25) is 0 Å². The first kappa shape index (κ1) is 28.6. The van der Waals surface area contributed by atoms with Crippen molar-refractivity contribution in [3.8, 4) is 0 Å². The molecule has 0 fully saturated rings. The third-order valence-corrected chi connectivity index (χ3v) is 2.46. The summed E-state index contributed by atoms with van der Waals surface area (Å²) in [5.74, 6) is 0. The van der Waals surface area contributed by atoms with Gasteiger partial charge in [0.25, 0.3) is 0 Å². The van der Waals surface area contributed by atoms with Crippen molar-refractivity contribution in [1.82, 2.24) is 19.9 Å². The zero-order valence-corrected chi connectivity index (χ0v) is 16.4. The van der Waals surface area contributed by atoms with Crippen molar-refractivity contribution in [2.75, 3.05) is 0 Å². The first-order chi connectivity index (χ1) is 12.4. The van der Waals surface area contributed by atoms with E-state index in [-0.39, 0.29) is 17.1 Å². The van der Waals surface area contributed by atoms with E-state index in [2.05, 4.69) is 40.6 Å². The number of nitrogens with one attached hydrogen (secondary N) is 2. The van der Waals surface area contributed by atoms with Gasteiger partial charge in [0, 0.05) is 41.9 Å². The van der Waals surface area contributed by atoms with E-state index in [0.717, 1.165) is 0 Å². The largest absolute Gasteiger partial charge is 0.411 e. The summed E-state index contributed by atoms with van der Waals surface area (Å²) in [6.07, 6.45) is 10.2. The third kappa shape index (κ3) is 19.0. The molecule has 2 aromatic heterocycles. The number of oxime groups is 4. The second-order valence-electron chi connectivity index (χ2n) is 4.26. The van der Waals surface area contributed by atoms with E-state index >= 15 is 0 Å². The van der Waals surface area contributed by atoms with Gasteiger partial charge in [-0.15, -0.1) is 0 Å². The molecule has 2 rings (SSSR count). The average molecular weight is 424 g/mol. The number of hydrogen-bond donors (Lipinski definition) is 6. The van der Waals surface area contributed by atoms with Crippen LogP contribution in [0.1, 0.15) is 27.7 Å². The Balaban J connectivity index is -0.000000286. The summed E-state index contributed by atoms with van der Waals surface area (Å²) < 4.78 is 0. The van der Waals surface area contributed by atoms with Crippen molar-refractivity contribution < 1.29 is 37.9 Å². The van der Waals surface area contributed by atoms with E-state index in [0.29, 0.717) is 22.8 Å². The van der Waals surface area contributed by atoms with Gasteiger partial charge >= 0.3 is 0 Å². The Labute approximate surface area is 166 Å². The minimum Gasteiger partial charge on any atom is -0.411 e. The van der Waals surface area contributed by atoms with Crippen LogP contribution in [0.5, 0.6) is 0 Å². The first-order valence-electron chi connectivity index (χ1n) is 7.05. The first-order valence-corrected chi connectivity index (χ1v) is 7.05. The molecule has 0 atom stereocenters. The summed E-state index contributed by atoms with van der Waals surface area (Å²) in [5.41, 5.74) is 1.25. The molecule has 12 nitrogen and oxygen atoms in total. The van der Waals surface area contributed by atoms with Gasteiger partial charge in [-0.05, 0) is 27.7 Å². The van der Waals surface area contributed by atoms with E-state index in [1.54, 1.807) is 37.4 Å². The molecule has 0 saturated heterocycles. The van der Waals surface area contributed by atoms with Gasteiger partial charge in [-0.25, -0.2) is 9.97 Å². The molecule has 2 aromatic rings. The van der Waals surface area contributed by atoms with Crippen LogP contribution in [0.2, 0.25) is 0 Å². The average Bonchev–Trinajstić information content (AvgIpc) is 3.44. The monoisotopic (exact) mass is 424 g/mol. The number of hydrogen-bond acceptors (Lipinski definition) is 10. The molecule has 0 aromatic carbocycles. The van der Waals surface area contributed by atoms with Crippen LogP contribution in [-0.4, -0.2) is 63.6 Å². The van der Waals surface area contributed by atoms with Crippen LogP contribution >= 0.6 is 0 Å². The van der Waals surface area contributed by atoms with Crippen molar-refractivity contribution in [3.05, 3.63) is 37.4 Å². The van der Waals surface area contributed by atoms with E-state index in [1.165, 1.54) is 27.7 Å². The zero-order valence-electron chi connectivity index (χ0n) is 15.3. The van der Waals surface area contributed by atoms with E-state index < -0.39 is 0 Å². The SMILES string of the molecule is CC(=N\O)/C(C)=N/O.CC(=N\O)/C(C)=N/O.[Fe].c1c[nH]cn1.c1c[nH]cn1. The van der Waals surface area contributed by atoms with Crippen molar-refractivity contribution in [2.45, 2.75) is 27.7 Å². The molecule has 0 bridgehead atoms. The molecule has 0 amide bonds. The maximum atomic E-state index is 8.03. The van der Waals surface area contributed by atoms with Crippen molar-refractivity contribution in [3.63, 3.8) is 0 Å². The smallest absolute Gasteiger partial charge is 0.101 e. The molecule has 6 N–H and O–H groups in total. The second-order valence-corrected chi connectivity index (χ2v) is 4.26. The molecule has 27 heavy (non-hydrogen) atoms. The van der Waals surface area contributed by atoms with Gasteiger partial charge in [0.15, 0.2) is 0 Å². The molecule has 0 radical (unpaired) electrons. The fraction of sp³-hybridized carbons (Fsp3) is 0.286.